The topological polar surface area (TPSA) is 64.3 Å². The van der Waals surface area contributed by atoms with Crippen molar-refractivity contribution in [3.05, 3.63) is 70.8 Å². The monoisotopic (exact) mass is 328 g/mol. The van der Waals surface area contributed by atoms with E-state index in [-0.39, 0.29) is 24.1 Å². The molecule has 1 heterocycles. The van der Waals surface area contributed by atoms with Crippen LogP contribution < -0.4 is 0 Å². The van der Waals surface area contributed by atoms with E-state index in [2.05, 4.69) is 0 Å². The van der Waals surface area contributed by atoms with Gasteiger partial charge in [-0.05, 0) is 42.8 Å². The maximum absolute atomic E-state index is 14.1. The number of hydrogen-bond acceptors (Lipinski definition) is 3. The van der Waals surface area contributed by atoms with Crippen molar-refractivity contribution in [2.75, 3.05) is 6.54 Å². The highest BCUT2D eigenvalue weighted by Crippen LogP contribution is 2.35. The molecular formula is C18H14F2N2O2. The van der Waals surface area contributed by atoms with Crippen LogP contribution in [0.2, 0.25) is 0 Å². The molecule has 1 amide bonds. The number of nitriles is 1. The Labute approximate surface area is 137 Å². The zero-order valence-corrected chi connectivity index (χ0v) is 12.6. The second-order valence-corrected chi connectivity index (χ2v) is 5.72. The first-order chi connectivity index (χ1) is 11.5. The number of nitrogens with zero attached hydrogens (tertiary/aromatic N) is 2. The first kappa shape index (κ1) is 16.1. The number of hydrogen-bond donors (Lipinski definition) is 1. The van der Waals surface area contributed by atoms with Gasteiger partial charge in [-0.3, -0.25) is 4.79 Å². The Hall–Kier alpha value is -2.78. The van der Waals surface area contributed by atoms with Crippen LogP contribution >= 0.6 is 0 Å². The van der Waals surface area contributed by atoms with E-state index in [1.165, 1.54) is 11.0 Å². The molecule has 2 aromatic carbocycles. The number of carbonyl (C=O) groups excluding carboxylic acids is 1. The van der Waals surface area contributed by atoms with Crippen LogP contribution in [0.1, 0.15) is 33.9 Å². The number of carbonyl (C=O) groups is 1. The van der Waals surface area contributed by atoms with Crippen LogP contribution in [0.15, 0.2) is 42.5 Å². The van der Waals surface area contributed by atoms with Crippen molar-refractivity contribution >= 4 is 5.91 Å². The van der Waals surface area contributed by atoms with Gasteiger partial charge in [0.25, 0.3) is 5.91 Å². The second kappa shape index (κ2) is 6.38. The maximum Gasteiger partial charge on any atom is 0.254 e. The van der Waals surface area contributed by atoms with E-state index in [0.717, 1.165) is 18.2 Å². The number of amides is 1. The molecule has 6 heteroatoms. The molecule has 0 radical (unpaired) electrons. The lowest BCUT2D eigenvalue weighted by molar-refractivity contribution is 0.0713. The minimum Gasteiger partial charge on any atom is -0.391 e. The summed E-state index contributed by atoms with van der Waals surface area (Å²) in [6.45, 7) is 0.0240. The fourth-order valence-corrected chi connectivity index (χ4v) is 2.99. The Bertz CT molecular complexity index is 832. The Kier molecular flexibility index (Phi) is 4.28. The lowest BCUT2D eigenvalue weighted by atomic mass is 10.0. The van der Waals surface area contributed by atoms with E-state index in [0.29, 0.717) is 5.56 Å². The molecule has 3 rings (SSSR count). The summed E-state index contributed by atoms with van der Waals surface area (Å²) in [4.78, 5) is 14.0. The lowest BCUT2D eigenvalue weighted by Gasteiger charge is -2.25. The first-order valence-corrected chi connectivity index (χ1v) is 7.43. The number of aliphatic hydroxyl groups excluding tert-OH is 1. The third-order valence-corrected chi connectivity index (χ3v) is 4.10. The number of halogens is 2. The van der Waals surface area contributed by atoms with Crippen LogP contribution in [0.5, 0.6) is 0 Å². The van der Waals surface area contributed by atoms with E-state index in [9.17, 15) is 18.7 Å². The van der Waals surface area contributed by atoms with Crippen molar-refractivity contribution in [2.45, 2.75) is 18.6 Å². The molecule has 2 aromatic rings. The summed E-state index contributed by atoms with van der Waals surface area (Å²) in [5.74, 6) is -1.66. The molecule has 0 saturated carbocycles. The van der Waals surface area contributed by atoms with Crippen LogP contribution in [0.4, 0.5) is 8.78 Å². The molecule has 4 nitrogen and oxygen atoms in total. The van der Waals surface area contributed by atoms with Gasteiger partial charge in [0, 0.05) is 17.7 Å². The molecule has 1 fully saturated rings. The Balaban J connectivity index is 1.97. The molecule has 1 N–H and O–H groups in total. The molecule has 0 aliphatic carbocycles. The Morgan fingerprint density at radius 2 is 2.04 bits per heavy atom. The largest absolute Gasteiger partial charge is 0.391 e. The summed E-state index contributed by atoms with van der Waals surface area (Å²) in [7, 11) is 0. The molecule has 1 aliphatic heterocycles. The number of aliphatic hydroxyl groups is 1. The molecule has 1 saturated heterocycles. The summed E-state index contributed by atoms with van der Waals surface area (Å²) in [6.07, 6.45) is -0.690. The Morgan fingerprint density at radius 3 is 2.79 bits per heavy atom. The molecule has 24 heavy (non-hydrogen) atoms. The predicted octanol–water partition coefficient (Wildman–Crippen LogP) is 2.78. The molecule has 0 unspecified atom stereocenters. The summed E-state index contributed by atoms with van der Waals surface area (Å²) in [5, 5.41) is 18.9. The smallest absolute Gasteiger partial charge is 0.254 e. The van der Waals surface area contributed by atoms with Crippen LogP contribution in [0.25, 0.3) is 0 Å². The predicted molar refractivity (Wildman–Crippen MR) is 81.9 cm³/mol. The van der Waals surface area contributed by atoms with Gasteiger partial charge in [0.2, 0.25) is 0 Å². The van der Waals surface area contributed by atoms with Crippen molar-refractivity contribution in [3.8, 4) is 6.07 Å². The van der Waals surface area contributed by atoms with Crippen LogP contribution in [0.3, 0.4) is 0 Å². The summed E-state index contributed by atoms with van der Waals surface area (Å²) in [5.41, 5.74) is 0.635. The van der Waals surface area contributed by atoms with Crippen molar-refractivity contribution in [2.24, 2.45) is 0 Å². The summed E-state index contributed by atoms with van der Waals surface area (Å²) in [6, 6.07) is 10.4. The fraction of sp³-hybridized carbons (Fsp3) is 0.222. The van der Waals surface area contributed by atoms with Crippen LogP contribution in [-0.4, -0.2) is 28.6 Å². The minimum atomic E-state index is -0.819. The molecule has 1 aliphatic rings. The third-order valence-electron chi connectivity index (χ3n) is 4.10. The molecule has 0 bridgehead atoms. The van der Waals surface area contributed by atoms with Gasteiger partial charge < -0.3 is 10.0 Å². The number of rotatable bonds is 2. The summed E-state index contributed by atoms with van der Waals surface area (Å²) < 4.78 is 27.6. The van der Waals surface area contributed by atoms with Crippen LogP contribution in [-0.2, 0) is 0 Å². The van der Waals surface area contributed by atoms with Gasteiger partial charge in [-0.25, -0.2) is 8.78 Å². The van der Waals surface area contributed by atoms with Crippen molar-refractivity contribution in [3.63, 3.8) is 0 Å². The van der Waals surface area contributed by atoms with Gasteiger partial charge >= 0.3 is 0 Å². The number of likely N-dealkylation sites (tertiary alicyclic amines) is 1. The van der Waals surface area contributed by atoms with Gasteiger partial charge in [0.15, 0.2) is 0 Å². The average Bonchev–Trinajstić information content (AvgIpc) is 2.98. The van der Waals surface area contributed by atoms with Gasteiger partial charge in [-0.2, -0.15) is 5.26 Å². The van der Waals surface area contributed by atoms with Crippen molar-refractivity contribution in [1.29, 1.82) is 5.26 Å². The fourth-order valence-electron chi connectivity index (χ4n) is 2.99. The number of β-amino-alcohol motifs (C(OH)–C–C–N with tert-alkyl or cyclic N) is 1. The maximum atomic E-state index is 14.1. The molecule has 122 valence electrons. The summed E-state index contributed by atoms with van der Waals surface area (Å²) >= 11 is 0. The molecule has 0 spiro atoms. The van der Waals surface area contributed by atoms with E-state index >= 15 is 0 Å². The average molecular weight is 328 g/mol. The second-order valence-electron chi connectivity index (χ2n) is 5.72. The highest BCUT2D eigenvalue weighted by atomic mass is 19.1. The SMILES string of the molecule is N#Cc1cccc(C(=O)N2C[C@H](O)C[C@H]2c2cc(F)ccc2F)c1. The van der Waals surface area contributed by atoms with Crippen molar-refractivity contribution < 1.29 is 18.7 Å². The zero-order valence-electron chi connectivity index (χ0n) is 12.6. The molecule has 2 atom stereocenters. The van der Waals surface area contributed by atoms with Crippen LogP contribution in [0, 0.1) is 23.0 Å². The van der Waals surface area contributed by atoms with E-state index in [4.69, 9.17) is 5.26 Å². The quantitative estimate of drug-likeness (QED) is 0.922. The minimum absolute atomic E-state index is 0.0240. The Morgan fingerprint density at radius 1 is 1.25 bits per heavy atom. The van der Waals surface area contributed by atoms with E-state index in [1.807, 2.05) is 6.07 Å². The highest BCUT2D eigenvalue weighted by molar-refractivity contribution is 5.95. The van der Waals surface area contributed by atoms with Gasteiger partial charge in [-0.1, -0.05) is 6.07 Å². The molecular weight excluding hydrogens is 314 g/mol. The zero-order chi connectivity index (χ0) is 17.3. The highest BCUT2D eigenvalue weighted by Gasteiger charge is 2.37. The standard InChI is InChI=1S/C18H14F2N2O2/c19-13-4-5-16(20)15(7-13)17-8-14(23)10-22(17)18(24)12-3-1-2-11(6-12)9-21/h1-7,14,17,23H,8,10H2/t14-,17+/m1/s1. The van der Waals surface area contributed by atoms with Gasteiger partial charge in [-0.15, -0.1) is 0 Å². The lowest BCUT2D eigenvalue weighted by Crippen LogP contribution is -2.32. The normalized spacial score (nSPS) is 20.0. The van der Waals surface area contributed by atoms with Crippen molar-refractivity contribution in [1.82, 2.24) is 4.90 Å². The molecule has 0 aromatic heterocycles. The van der Waals surface area contributed by atoms with E-state index in [1.54, 1.807) is 18.2 Å². The third kappa shape index (κ3) is 2.99. The van der Waals surface area contributed by atoms with E-state index < -0.39 is 29.7 Å². The van der Waals surface area contributed by atoms with Gasteiger partial charge in [0.05, 0.1) is 23.8 Å². The van der Waals surface area contributed by atoms with Gasteiger partial charge in [0.1, 0.15) is 11.6 Å². The first-order valence-electron chi connectivity index (χ1n) is 7.43. The number of benzene rings is 2.